The van der Waals surface area contributed by atoms with Crippen molar-refractivity contribution in [1.82, 2.24) is 5.06 Å². The van der Waals surface area contributed by atoms with E-state index >= 15 is 0 Å². The molecule has 2 N–H and O–H groups in total. The zero-order chi connectivity index (χ0) is 8.27. The summed E-state index contributed by atoms with van der Waals surface area (Å²) in [5.74, 6) is 0. The van der Waals surface area contributed by atoms with Crippen LogP contribution in [0.3, 0.4) is 0 Å². The van der Waals surface area contributed by atoms with Crippen LogP contribution in [-0.4, -0.2) is 27.5 Å². The van der Waals surface area contributed by atoms with Crippen LogP contribution in [0.25, 0.3) is 0 Å². The van der Waals surface area contributed by atoms with E-state index in [0.717, 1.165) is 32.1 Å². The molecule has 1 rings (SSSR count). The topological polar surface area (TPSA) is 60.8 Å². The number of amides is 1. The molecule has 1 amide bonds. The molecule has 0 aromatic rings. The Balaban J connectivity index is 2.38. The number of carboxylic acid groups (broad SMARTS) is 1. The minimum atomic E-state index is -1.24. The van der Waals surface area contributed by atoms with Crippen molar-refractivity contribution in [3.63, 3.8) is 0 Å². The number of hydrogen-bond donors (Lipinski definition) is 2. The molecule has 1 fully saturated rings. The third-order valence-electron chi connectivity index (χ3n) is 2.12. The van der Waals surface area contributed by atoms with Crippen LogP contribution in [0.4, 0.5) is 4.79 Å². The Kier molecular flexibility index (Phi) is 2.70. The van der Waals surface area contributed by atoms with Crippen molar-refractivity contribution < 1.29 is 15.1 Å². The van der Waals surface area contributed by atoms with E-state index in [9.17, 15) is 4.79 Å². The number of carbonyl (C=O) groups is 1. The van der Waals surface area contributed by atoms with Crippen LogP contribution in [0, 0.1) is 0 Å². The molecular weight excluding hydrogens is 146 g/mol. The van der Waals surface area contributed by atoms with Crippen molar-refractivity contribution in [2.45, 2.75) is 38.1 Å². The lowest BCUT2D eigenvalue weighted by atomic mass is 9.95. The molecule has 1 saturated carbocycles. The number of hydroxylamine groups is 2. The zero-order valence-corrected chi connectivity index (χ0v) is 6.36. The largest absolute Gasteiger partial charge is 0.463 e. The summed E-state index contributed by atoms with van der Waals surface area (Å²) in [6.45, 7) is 0. The average molecular weight is 159 g/mol. The Morgan fingerprint density at radius 2 is 1.82 bits per heavy atom. The molecule has 0 bridgehead atoms. The molecule has 0 spiro atoms. The minimum Gasteiger partial charge on any atom is -0.463 e. The Morgan fingerprint density at radius 3 is 2.27 bits per heavy atom. The van der Waals surface area contributed by atoms with E-state index in [0.29, 0.717) is 5.06 Å². The van der Waals surface area contributed by atoms with Gasteiger partial charge in [0.25, 0.3) is 0 Å². The maximum absolute atomic E-state index is 10.3. The second-order valence-corrected chi connectivity index (χ2v) is 2.92. The summed E-state index contributed by atoms with van der Waals surface area (Å²) < 4.78 is 0. The van der Waals surface area contributed by atoms with Crippen LogP contribution in [-0.2, 0) is 0 Å². The Hall–Kier alpha value is -0.770. The fraction of sp³-hybridized carbons (Fsp3) is 0.857. The van der Waals surface area contributed by atoms with Gasteiger partial charge in [-0.3, -0.25) is 5.21 Å². The first-order valence-electron chi connectivity index (χ1n) is 3.93. The lowest BCUT2D eigenvalue weighted by molar-refractivity contribution is -0.104. The molecule has 0 aromatic heterocycles. The number of rotatable bonds is 1. The van der Waals surface area contributed by atoms with E-state index in [2.05, 4.69) is 0 Å². The summed E-state index contributed by atoms with van der Waals surface area (Å²) in [6.07, 6.45) is 3.55. The second-order valence-electron chi connectivity index (χ2n) is 2.92. The normalized spacial score (nSPS) is 19.7. The fourth-order valence-electron chi connectivity index (χ4n) is 1.48. The van der Waals surface area contributed by atoms with Gasteiger partial charge >= 0.3 is 6.09 Å². The maximum atomic E-state index is 10.3. The summed E-state index contributed by atoms with van der Waals surface area (Å²) in [6, 6.07) is -0.166. The van der Waals surface area contributed by atoms with E-state index in [-0.39, 0.29) is 6.04 Å². The van der Waals surface area contributed by atoms with Crippen molar-refractivity contribution >= 4 is 6.09 Å². The van der Waals surface area contributed by atoms with Crippen LogP contribution in [0.5, 0.6) is 0 Å². The molecule has 1 aliphatic rings. The van der Waals surface area contributed by atoms with Crippen molar-refractivity contribution in [3.05, 3.63) is 0 Å². The highest BCUT2D eigenvalue weighted by Gasteiger charge is 2.22. The number of nitrogens with zero attached hydrogens (tertiary/aromatic N) is 1. The van der Waals surface area contributed by atoms with Crippen LogP contribution < -0.4 is 0 Å². The smallest absolute Gasteiger partial charge is 0.431 e. The lowest BCUT2D eigenvalue weighted by Gasteiger charge is -2.26. The monoisotopic (exact) mass is 159 g/mol. The van der Waals surface area contributed by atoms with Crippen molar-refractivity contribution in [2.24, 2.45) is 0 Å². The van der Waals surface area contributed by atoms with E-state index in [4.69, 9.17) is 10.3 Å². The highest BCUT2D eigenvalue weighted by molar-refractivity contribution is 5.63. The summed E-state index contributed by atoms with van der Waals surface area (Å²) in [7, 11) is 0. The molecule has 1 aliphatic carbocycles. The fourth-order valence-corrected chi connectivity index (χ4v) is 1.48. The predicted molar refractivity (Wildman–Crippen MR) is 38.5 cm³/mol. The summed E-state index contributed by atoms with van der Waals surface area (Å²) in [4.78, 5) is 10.3. The van der Waals surface area contributed by atoms with Crippen LogP contribution in [0.2, 0.25) is 0 Å². The molecule has 11 heavy (non-hydrogen) atoms. The van der Waals surface area contributed by atoms with E-state index < -0.39 is 6.09 Å². The molecule has 0 heterocycles. The standard InChI is InChI=1S/C7H13NO3/c9-7(10)8(11)6-4-2-1-3-5-6/h6,11H,1-5H2,(H,9,10). The summed E-state index contributed by atoms with van der Waals surface area (Å²) in [5, 5.41) is 17.8. The molecule has 0 saturated heterocycles. The summed E-state index contributed by atoms with van der Waals surface area (Å²) >= 11 is 0. The van der Waals surface area contributed by atoms with Crippen molar-refractivity contribution in [2.75, 3.05) is 0 Å². The zero-order valence-electron chi connectivity index (χ0n) is 6.36. The van der Waals surface area contributed by atoms with Crippen LogP contribution >= 0.6 is 0 Å². The van der Waals surface area contributed by atoms with Gasteiger partial charge in [0.15, 0.2) is 0 Å². The molecule has 0 aromatic carbocycles. The first kappa shape index (κ1) is 8.33. The first-order valence-corrected chi connectivity index (χ1v) is 3.93. The minimum absolute atomic E-state index is 0.166. The molecule has 0 atom stereocenters. The van der Waals surface area contributed by atoms with Gasteiger partial charge in [-0.05, 0) is 12.8 Å². The van der Waals surface area contributed by atoms with Crippen molar-refractivity contribution in [1.29, 1.82) is 0 Å². The summed E-state index contributed by atoms with van der Waals surface area (Å²) in [5.41, 5.74) is 0. The molecule has 4 nitrogen and oxygen atoms in total. The van der Waals surface area contributed by atoms with Crippen molar-refractivity contribution in [3.8, 4) is 0 Å². The van der Waals surface area contributed by atoms with Gasteiger partial charge in [-0.1, -0.05) is 19.3 Å². The predicted octanol–water partition coefficient (Wildman–Crippen LogP) is 1.69. The Bertz CT molecular complexity index is 143. The molecular formula is C7H13NO3. The Labute approximate surface area is 65.4 Å². The van der Waals surface area contributed by atoms with Gasteiger partial charge in [0, 0.05) is 0 Å². The quantitative estimate of drug-likeness (QED) is 0.452. The van der Waals surface area contributed by atoms with E-state index in [1.54, 1.807) is 0 Å². The second kappa shape index (κ2) is 3.57. The van der Waals surface area contributed by atoms with Gasteiger partial charge in [-0.15, -0.1) is 0 Å². The van der Waals surface area contributed by atoms with Gasteiger partial charge in [0.05, 0.1) is 6.04 Å². The van der Waals surface area contributed by atoms with Gasteiger partial charge < -0.3 is 5.11 Å². The molecule has 64 valence electrons. The van der Waals surface area contributed by atoms with Gasteiger partial charge in [-0.2, -0.15) is 5.06 Å². The Morgan fingerprint density at radius 1 is 1.27 bits per heavy atom. The molecule has 4 heteroatoms. The van der Waals surface area contributed by atoms with E-state index in [1.165, 1.54) is 0 Å². The third kappa shape index (κ3) is 2.08. The lowest BCUT2D eigenvalue weighted by Crippen LogP contribution is -2.37. The van der Waals surface area contributed by atoms with Crippen LogP contribution in [0.15, 0.2) is 0 Å². The highest BCUT2D eigenvalue weighted by Crippen LogP contribution is 2.21. The molecule has 0 unspecified atom stereocenters. The maximum Gasteiger partial charge on any atom is 0.431 e. The molecule has 0 radical (unpaired) electrons. The number of hydrogen-bond acceptors (Lipinski definition) is 2. The first-order chi connectivity index (χ1) is 5.22. The van der Waals surface area contributed by atoms with E-state index in [1.807, 2.05) is 0 Å². The van der Waals surface area contributed by atoms with Crippen LogP contribution in [0.1, 0.15) is 32.1 Å². The highest BCUT2D eigenvalue weighted by atomic mass is 16.6. The molecule has 0 aliphatic heterocycles. The SMILES string of the molecule is O=C(O)N(O)C1CCCCC1. The van der Waals surface area contributed by atoms with Gasteiger partial charge in [0.2, 0.25) is 0 Å². The van der Waals surface area contributed by atoms with Gasteiger partial charge in [0.1, 0.15) is 0 Å². The average Bonchev–Trinajstić information content (AvgIpc) is 2.05. The third-order valence-corrected chi connectivity index (χ3v) is 2.12. The van der Waals surface area contributed by atoms with Gasteiger partial charge in [-0.25, -0.2) is 4.79 Å².